The summed E-state index contributed by atoms with van der Waals surface area (Å²) in [7, 11) is 1.36. The summed E-state index contributed by atoms with van der Waals surface area (Å²) in [5.74, 6) is -0.850. The molecule has 6 aromatic carbocycles. The van der Waals surface area contributed by atoms with Gasteiger partial charge in [-0.1, -0.05) is 103 Å². The van der Waals surface area contributed by atoms with Gasteiger partial charge in [0.15, 0.2) is 5.60 Å². The number of carbonyl (C=O) groups is 2. The second-order valence-electron chi connectivity index (χ2n) is 18.0. The van der Waals surface area contributed by atoms with E-state index in [-0.39, 0.29) is 36.8 Å². The summed E-state index contributed by atoms with van der Waals surface area (Å²) in [6.45, 7) is 7.80. The third kappa shape index (κ3) is 14.2. The second-order valence-corrected chi connectivity index (χ2v) is 18.0. The van der Waals surface area contributed by atoms with Gasteiger partial charge in [-0.15, -0.1) is 0 Å². The number of nitrogens with zero attached hydrogens (tertiary/aromatic N) is 6. The molecule has 9 rings (SSSR count). The number of unbranched alkanes of at least 4 members (excludes halogenated alkanes) is 2. The Morgan fingerprint density at radius 1 is 0.737 bits per heavy atom. The van der Waals surface area contributed by atoms with Crippen molar-refractivity contribution in [2.45, 2.75) is 84.7 Å². The normalized spacial score (nSPS) is 13.6. The van der Waals surface area contributed by atoms with Crippen LogP contribution in [0.25, 0.3) is 38.8 Å². The Bertz CT molecular complexity index is 3490. The van der Waals surface area contributed by atoms with Crippen molar-refractivity contribution in [2.75, 3.05) is 7.11 Å². The predicted octanol–water partition coefficient (Wildman–Crippen LogP) is 11.9. The summed E-state index contributed by atoms with van der Waals surface area (Å²) in [5.41, 5.74) is 6.38. The molecule has 1 unspecified atom stereocenters. The number of carboxylic acid groups (broad SMARTS) is 1. The standard InChI is InChI=1S/C29H26FN3O4.C23H23FN2O3.C7H7NO.CH4/c1-29(18-25(32-37-29)19-7-3-2-4-8-19)20-11-16-23-24(17-20)31-26(9-5-6-10-27(34)35)33(28(23)36)22-14-12-21(30)13-15-22;1-15(2)16-8-13-19-20(14-16)25-21(6-4-5-7-22(27)29-3)26(23(19)28)18-11-9-17(24)10-12-18;9-8-6-7-4-2-1-3-5-7;/h2-4,7-8,11-17H,5-6,9-10,18H2,1H3,(H,34,35);8-14H,1,4-7H2,2-3H3;1-6,9H;1H4/b;;8-6+;. The number of carboxylic acids is 1. The van der Waals surface area contributed by atoms with Crippen LogP contribution in [0.5, 0.6) is 0 Å². The van der Waals surface area contributed by atoms with Gasteiger partial charge < -0.3 is 19.9 Å². The number of allylic oxidation sites excluding steroid dienone is 1. The van der Waals surface area contributed by atoms with Crippen LogP contribution in [0.1, 0.15) is 100 Å². The highest BCUT2D eigenvalue weighted by atomic mass is 19.1. The first-order chi connectivity index (χ1) is 36.2. The van der Waals surface area contributed by atoms with Crippen molar-refractivity contribution in [1.82, 2.24) is 19.1 Å². The maximum absolute atomic E-state index is 13.6. The lowest BCUT2D eigenvalue weighted by molar-refractivity contribution is -0.141. The number of carbonyl (C=O) groups excluding carboxylic acids is 1. The van der Waals surface area contributed by atoms with E-state index in [1.807, 2.05) is 98.8 Å². The SMILES string of the molecule is C.C=C(C)c1ccc2c(=O)n(-c3ccc(F)cc3)c(CCCCC(=O)OC)nc2c1.CC1(c2ccc3c(=O)n(-c4ccc(F)cc4)c(CCCCC(=O)O)nc3c2)CC(c2ccccc2)=NO1.O/N=C/c1ccccc1. The van der Waals surface area contributed by atoms with Crippen LogP contribution in [0.3, 0.4) is 0 Å². The molecule has 16 heteroatoms. The van der Waals surface area contributed by atoms with Gasteiger partial charge >= 0.3 is 11.9 Å². The number of hydrogen-bond donors (Lipinski definition) is 2. The number of oxime groups is 2. The molecule has 0 fully saturated rings. The van der Waals surface area contributed by atoms with Gasteiger partial charge in [0, 0.05) is 37.7 Å². The summed E-state index contributed by atoms with van der Waals surface area (Å²) in [6, 6.07) is 41.6. The van der Waals surface area contributed by atoms with E-state index in [4.69, 9.17) is 25.1 Å². The lowest BCUT2D eigenvalue weighted by Gasteiger charge is -2.22. The van der Waals surface area contributed by atoms with Gasteiger partial charge in [-0.25, -0.2) is 18.7 Å². The quantitative estimate of drug-likeness (QED) is 0.0310. The zero-order valence-corrected chi connectivity index (χ0v) is 41.8. The molecule has 8 aromatic rings. The fourth-order valence-electron chi connectivity index (χ4n) is 8.41. The fraction of sp³-hybridized carbons (Fsp3) is 0.233. The molecule has 76 heavy (non-hydrogen) atoms. The minimum absolute atomic E-state index is 0. The van der Waals surface area contributed by atoms with Crippen molar-refractivity contribution in [2.24, 2.45) is 10.3 Å². The van der Waals surface area contributed by atoms with E-state index in [1.165, 1.54) is 58.9 Å². The Morgan fingerprint density at radius 2 is 1.25 bits per heavy atom. The largest absolute Gasteiger partial charge is 0.481 e. The zero-order chi connectivity index (χ0) is 53.5. The van der Waals surface area contributed by atoms with E-state index < -0.39 is 17.4 Å². The van der Waals surface area contributed by atoms with Gasteiger partial charge in [-0.2, -0.15) is 0 Å². The highest BCUT2D eigenvalue weighted by Gasteiger charge is 2.37. The Balaban J connectivity index is 0.000000214. The molecule has 0 radical (unpaired) electrons. The molecule has 3 heterocycles. The van der Waals surface area contributed by atoms with Gasteiger partial charge in [0.25, 0.3) is 11.1 Å². The molecule has 392 valence electrons. The number of aryl methyl sites for hydroxylation is 2. The van der Waals surface area contributed by atoms with Crippen LogP contribution in [0.2, 0.25) is 0 Å². The van der Waals surface area contributed by atoms with Crippen LogP contribution in [0, 0.1) is 11.6 Å². The Kier molecular flexibility index (Phi) is 19.5. The lowest BCUT2D eigenvalue weighted by Crippen LogP contribution is -2.25. The second kappa shape index (κ2) is 26.3. The van der Waals surface area contributed by atoms with Gasteiger partial charge in [0.05, 0.1) is 52.2 Å². The maximum Gasteiger partial charge on any atom is 0.305 e. The zero-order valence-electron chi connectivity index (χ0n) is 41.8. The minimum atomic E-state index is -0.867. The van der Waals surface area contributed by atoms with E-state index in [9.17, 15) is 28.0 Å². The summed E-state index contributed by atoms with van der Waals surface area (Å²) in [5, 5.41) is 25.2. The van der Waals surface area contributed by atoms with E-state index >= 15 is 0 Å². The summed E-state index contributed by atoms with van der Waals surface area (Å²) in [6.07, 6.45) is 5.48. The van der Waals surface area contributed by atoms with E-state index in [2.05, 4.69) is 21.6 Å². The number of methoxy groups -OCH3 is 1. The molecule has 0 saturated heterocycles. The van der Waals surface area contributed by atoms with Crippen LogP contribution in [0.4, 0.5) is 8.78 Å². The molecule has 14 nitrogen and oxygen atoms in total. The van der Waals surface area contributed by atoms with Gasteiger partial charge in [0.2, 0.25) is 0 Å². The van der Waals surface area contributed by atoms with Crippen LogP contribution in [-0.4, -0.2) is 60.4 Å². The Morgan fingerprint density at radius 3 is 1.76 bits per heavy atom. The van der Waals surface area contributed by atoms with Gasteiger partial charge in [-0.3, -0.25) is 28.3 Å². The van der Waals surface area contributed by atoms with Crippen molar-refractivity contribution >= 4 is 51.2 Å². The molecule has 1 aliphatic rings. The van der Waals surface area contributed by atoms with Gasteiger partial charge in [-0.05, 0) is 129 Å². The van der Waals surface area contributed by atoms with Gasteiger partial charge in [0.1, 0.15) is 23.3 Å². The maximum atomic E-state index is 13.6. The highest BCUT2D eigenvalue weighted by molar-refractivity contribution is 6.01. The number of aliphatic carboxylic acids is 1. The highest BCUT2D eigenvalue weighted by Crippen LogP contribution is 2.37. The molecular weight excluding hydrogens is 971 g/mol. The van der Waals surface area contributed by atoms with Crippen LogP contribution in [0.15, 0.2) is 172 Å². The smallest absolute Gasteiger partial charge is 0.305 e. The van der Waals surface area contributed by atoms with Crippen molar-refractivity contribution in [3.05, 3.63) is 218 Å². The molecular formula is C60H60F2N6O8. The molecule has 0 bridgehead atoms. The van der Waals surface area contributed by atoms with Crippen molar-refractivity contribution in [3.8, 4) is 11.4 Å². The number of rotatable bonds is 16. The topological polar surface area (TPSA) is 188 Å². The number of hydrogen-bond acceptors (Lipinski definition) is 11. The number of ether oxygens (including phenoxy) is 1. The van der Waals surface area contributed by atoms with E-state index in [1.54, 1.807) is 24.3 Å². The number of benzene rings is 6. The Labute approximate surface area is 438 Å². The molecule has 1 aliphatic heterocycles. The number of halogens is 2. The third-order valence-electron chi connectivity index (χ3n) is 12.4. The summed E-state index contributed by atoms with van der Waals surface area (Å²) in [4.78, 5) is 64.6. The molecule has 0 amide bonds. The monoisotopic (exact) mass is 1030 g/mol. The third-order valence-corrected chi connectivity index (χ3v) is 12.4. The first-order valence-electron chi connectivity index (χ1n) is 24.3. The summed E-state index contributed by atoms with van der Waals surface area (Å²) < 4.78 is 34.6. The predicted molar refractivity (Wildman–Crippen MR) is 293 cm³/mol. The van der Waals surface area contributed by atoms with Crippen LogP contribution < -0.4 is 11.1 Å². The van der Waals surface area contributed by atoms with E-state index in [0.29, 0.717) is 96.2 Å². The fourth-order valence-corrected chi connectivity index (χ4v) is 8.41. The van der Waals surface area contributed by atoms with Crippen molar-refractivity contribution in [1.29, 1.82) is 0 Å². The minimum Gasteiger partial charge on any atom is -0.481 e. The van der Waals surface area contributed by atoms with Crippen molar-refractivity contribution < 1.29 is 38.3 Å². The Hall–Kier alpha value is -8.92. The summed E-state index contributed by atoms with van der Waals surface area (Å²) >= 11 is 0. The molecule has 1 atom stereocenters. The molecule has 0 aliphatic carbocycles. The number of aromatic nitrogens is 4. The molecule has 0 saturated carbocycles. The van der Waals surface area contributed by atoms with E-state index in [0.717, 1.165) is 33.5 Å². The first kappa shape index (κ1) is 56.4. The average Bonchev–Trinajstić information content (AvgIpc) is 3.85. The molecule has 0 spiro atoms. The van der Waals surface area contributed by atoms with Crippen LogP contribution >= 0.6 is 0 Å². The van der Waals surface area contributed by atoms with Crippen LogP contribution in [-0.2, 0) is 37.6 Å². The number of esters is 1. The average molecular weight is 1030 g/mol. The van der Waals surface area contributed by atoms with Crippen molar-refractivity contribution in [3.63, 3.8) is 0 Å². The first-order valence-corrected chi connectivity index (χ1v) is 24.3. The number of fused-ring (bicyclic) bond motifs is 2. The molecule has 2 N–H and O–H groups in total. The lowest BCUT2D eigenvalue weighted by atomic mass is 9.88. The molecule has 2 aromatic heterocycles.